The molecule has 1 aromatic rings. The highest BCUT2D eigenvalue weighted by atomic mass is 16.2. The SMILES string of the molecule is NCc1ccc(CC(=O)N2CCN3CCCCC3C2)cc1. The average molecular weight is 287 g/mol. The largest absolute Gasteiger partial charge is 0.340 e. The number of nitrogens with two attached hydrogens (primary N) is 1. The maximum atomic E-state index is 12.5. The molecule has 3 rings (SSSR count). The lowest BCUT2D eigenvalue weighted by molar-refractivity contribution is -0.134. The Morgan fingerprint density at radius 3 is 2.62 bits per heavy atom. The van der Waals surface area contributed by atoms with E-state index in [-0.39, 0.29) is 5.91 Å². The summed E-state index contributed by atoms with van der Waals surface area (Å²) in [5.74, 6) is 0.265. The Morgan fingerprint density at radius 2 is 1.86 bits per heavy atom. The topological polar surface area (TPSA) is 49.6 Å². The first-order valence-electron chi connectivity index (χ1n) is 8.06. The second-order valence-electron chi connectivity index (χ2n) is 6.22. The molecule has 0 aliphatic carbocycles. The highest BCUT2D eigenvalue weighted by molar-refractivity contribution is 5.79. The van der Waals surface area contributed by atoms with Gasteiger partial charge in [-0.05, 0) is 30.5 Å². The van der Waals surface area contributed by atoms with Gasteiger partial charge >= 0.3 is 0 Å². The van der Waals surface area contributed by atoms with Gasteiger partial charge in [0.05, 0.1) is 6.42 Å². The normalized spacial score (nSPS) is 22.9. The lowest BCUT2D eigenvalue weighted by Gasteiger charge is -2.44. The van der Waals surface area contributed by atoms with Crippen LogP contribution >= 0.6 is 0 Å². The third-order valence-corrected chi connectivity index (χ3v) is 4.80. The summed E-state index contributed by atoms with van der Waals surface area (Å²) in [6.07, 6.45) is 4.38. The third-order valence-electron chi connectivity index (χ3n) is 4.80. The molecule has 2 aliphatic rings. The molecule has 0 spiro atoms. The van der Waals surface area contributed by atoms with Crippen LogP contribution in [0.4, 0.5) is 0 Å². The van der Waals surface area contributed by atoms with Crippen molar-refractivity contribution in [2.24, 2.45) is 5.73 Å². The van der Waals surface area contributed by atoms with Gasteiger partial charge < -0.3 is 10.6 Å². The van der Waals surface area contributed by atoms with Crippen LogP contribution in [0.15, 0.2) is 24.3 Å². The first kappa shape index (κ1) is 14.5. The van der Waals surface area contributed by atoms with Crippen molar-refractivity contribution < 1.29 is 4.79 Å². The molecular formula is C17H25N3O. The van der Waals surface area contributed by atoms with E-state index in [1.54, 1.807) is 0 Å². The highest BCUT2D eigenvalue weighted by Crippen LogP contribution is 2.21. The predicted octanol–water partition coefficient (Wildman–Crippen LogP) is 1.38. The Labute approximate surface area is 126 Å². The Kier molecular flexibility index (Phi) is 4.56. The monoisotopic (exact) mass is 287 g/mol. The molecule has 2 saturated heterocycles. The molecule has 2 fully saturated rings. The molecule has 0 radical (unpaired) electrons. The van der Waals surface area contributed by atoms with Gasteiger partial charge in [-0.25, -0.2) is 0 Å². The number of carbonyl (C=O) groups is 1. The van der Waals surface area contributed by atoms with Crippen molar-refractivity contribution in [1.29, 1.82) is 0 Å². The molecule has 1 unspecified atom stereocenters. The summed E-state index contributed by atoms with van der Waals surface area (Å²) in [6.45, 7) is 4.61. The van der Waals surface area contributed by atoms with E-state index in [2.05, 4.69) is 9.80 Å². The van der Waals surface area contributed by atoms with Crippen molar-refractivity contribution in [3.8, 4) is 0 Å². The van der Waals surface area contributed by atoms with E-state index in [1.807, 2.05) is 24.3 Å². The van der Waals surface area contributed by atoms with Gasteiger partial charge in [0.25, 0.3) is 0 Å². The summed E-state index contributed by atoms with van der Waals surface area (Å²) in [5.41, 5.74) is 7.80. The van der Waals surface area contributed by atoms with Gasteiger partial charge in [-0.15, -0.1) is 0 Å². The van der Waals surface area contributed by atoms with E-state index < -0.39 is 0 Å². The van der Waals surface area contributed by atoms with Gasteiger partial charge in [0, 0.05) is 32.2 Å². The Morgan fingerprint density at radius 1 is 1.10 bits per heavy atom. The van der Waals surface area contributed by atoms with Crippen molar-refractivity contribution in [2.75, 3.05) is 26.2 Å². The molecule has 1 amide bonds. The molecule has 0 aromatic heterocycles. The minimum Gasteiger partial charge on any atom is -0.340 e. The Hall–Kier alpha value is -1.39. The van der Waals surface area contributed by atoms with Crippen LogP contribution in [0.2, 0.25) is 0 Å². The van der Waals surface area contributed by atoms with Crippen LogP contribution in [0.25, 0.3) is 0 Å². The summed E-state index contributed by atoms with van der Waals surface area (Å²) in [5, 5.41) is 0. The van der Waals surface area contributed by atoms with Gasteiger partial charge in [0.2, 0.25) is 5.91 Å². The van der Waals surface area contributed by atoms with E-state index in [4.69, 9.17) is 5.73 Å². The molecule has 2 aliphatic heterocycles. The summed E-state index contributed by atoms with van der Waals surface area (Å²) in [6, 6.07) is 8.67. The zero-order valence-corrected chi connectivity index (χ0v) is 12.6. The van der Waals surface area contributed by atoms with Crippen LogP contribution in [0.3, 0.4) is 0 Å². The summed E-state index contributed by atoms with van der Waals surface area (Å²) < 4.78 is 0. The second-order valence-corrected chi connectivity index (χ2v) is 6.22. The van der Waals surface area contributed by atoms with Crippen LogP contribution in [0.1, 0.15) is 30.4 Å². The number of benzene rings is 1. The van der Waals surface area contributed by atoms with E-state index >= 15 is 0 Å². The van der Waals surface area contributed by atoms with Gasteiger partial charge in [-0.3, -0.25) is 9.69 Å². The van der Waals surface area contributed by atoms with Gasteiger partial charge in [0.15, 0.2) is 0 Å². The molecule has 0 saturated carbocycles. The van der Waals surface area contributed by atoms with Crippen molar-refractivity contribution in [3.05, 3.63) is 35.4 Å². The lowest BCUT2D eigenvalue weighted by atomic mass is 9.99. The van der Waals surface area contributed by atoms with E-state index in [9.17, 15) is 4.79 Å². The maximum Gasteiger partial charge on any atom is 0.227 e. The molecule has 1 aromatic carbocycles. The average Bonchev–Trinajstić information content (AvgIpc) is 2.55. The first-order chi connectivity index (χ1) is 10.3. The standard InChI is InChI=1S/C17H25N3O/c18-12-15-6-4-14(5-7-15)11-17(21)20-10-9-19-8-2-1-3-16(19)13-20/h4-7,16H,1-3,8-13,18H2. The summed E-state index contributed by atoms with van der Waals surface area (Å²) in [4.78, 5) is 17.1. The van der Waals surface area contributed by atoms with Crippen molar-refractivity contribution in [1.82, 2.24) is 9.80 Å². The number of fused-ring (bicyclic) bond motifs is 1. The number of piperidine rings is 1. The number of hydrogen-bond acceptors (Lipinski definition) is 3. The fourth-order valence-corrected chi connectivity index (χ4v) is 3.46. The van der Waals surface area contributed by atoms with Crippen LogP contribution < -0.4 is 5.73 Å². The number of piperazine rings is 1. The van der Waals surface area contributed by atoms with Gasteiger partial charge in [-0.1, -0.05) is 30.7 Å². The van der Waals surface area contributed by atoms with Crippen molar-refractivity contribution >= 4 is 5.91 Å². The minimum atomic E-state index is 0.265. The van der Waals surface area contributed by atoms with E-state index in [0.717, 1.165) is 30.8 Å². The van der Waals surface area contributed by atoms with Crippen LogP contribution in [-0.2, 0) is 17.8 Å². The van der Waals surface area contributed by atoms with Crippen LogP contribution in [0.5, 0.6) is 0 Å². The predicted molar refractivity (Wildman–Crippen MR) is 83.8 cm³/mol. The number of carbonyl (C=O) groups excluding carboxylic acids is 1. The maximum absolute atomic E-state index is 12.5. The minimum absolute atomic E-state index is 0.265. The molecule has 0 bridgehead atoms. The van der Waals surface area contributed by atoms with Crippen LogP contribution in [-0.4, -0.2) is 47.9 Å². The third kappa shape index (κ3) is 3.44. The highest BCUT2D eigenvalue weighted by Gasteiger charge is 2.30. The molecule has 4 nitrogen and oxygen atoms in total. The summed E-state index contributed by atoms with van der Waals surface area (Å²) >= 11 is 0. The molecule has 114 valence electrons. The molecule has 21 heavy (non-hydrogen) atoms. The molecule has 2 N–H and O–H groups in total. The number of amides is 1. The molecular weight excluding hydrogens is 262 g/mol. The summed E-state index contributed by atoms with van der Waals surface area (Å²) in [7, 11) is 0. The molecule has 2 heterocycles. The Bertz CT molecular complexity index is 485. The van der Waals surface area contributed by atoms with E-state index in [0.29, 0.717) is 19.0 Å². The lowest BCUT2D eigenvalue weighted by Crippen LogP contribution is -2.56. The Balaban J connectivity index is 1.57. The fraction of sp³-hybridized carbons (Fsp3) is 0.588. The zero-order valence-electron chi connectivity index (χ0n) is 12.6. The molecule has 4 heteroatoms. The second kappa shape index (κ2) is 6.58. The fourth-order valence-electron chi connectivity index (χ4n) is 3.46. The van der Waals surface area contributed by atoms with E-state index in [1.165, 1.54) is 25.8 Å². The van der Waals surface area contributed by atoms with Gasteiger partial charge in [-0.2, -0.15) is 0 Å². The first-order valence-corrected chi connectivity index (χ1v) is 8.06. The molecule has 1 atom stereocenters. The zero-order chi connectivity index (χ0) is 14.7. The van der Waals surface area contributed by atoms with Crippen molar-refractivity contribution in [2.45, 2.75) is 38.3 Å². The van der Waals surface area contributed by atoms with Crippen molar-refractivity contribution in [3.63, 3.8) is 0 Å². The number of rotatable bonds is 3. The van der Waals surface area contributed by atoms with Crippen LogP contribution in [0, 0.1) is 0 Å². The number of nitrogens with zero attached hydrogens (tertiary/aromatic N) is 2. The van der Waals surface area contributed by atoms with Gasteiger partial charge in [0.1, 0.15) is 0 Å². The number of hydrogen-bond donors (Lipinski definition) is 1. The quantitative estimate of drug-likeness (QED) is 0.914. The smallest absolute Gasteiger partial charge is 0.227 e.